The van der Waals surface area contributed by atoms with Crippen LogP contribution in [0.3, 0.4) is 0 Å². The first kappa shape index (κ1) is 30.2. The average molecular weight is 559 g/mol. The molecule has 1 N–H and O–H groups in total. The largest absolute Gasteiger partial charge is 0.491 e. The molecule has 0 saturated heterocycles. The van der Waals surface area contributed by atoms with Crippen molar-refractivity contribution in [1.29, 1.82) is 0 Å². The van der Waals surface area contributed by atoms with Crippen LogP contribution < -0.4 is 10.1 Å². The zero-order valence-corrected chi connectivity index (χ0v) is 24.8. The fourth-order valence-corrected chi connectivity index (χ4v) is 5.14. The number of pyridine rings is 1. The van der Waals surface area contributed by atoms with Gasteiger partial charge in [0.1, 0.15) is 12.4 Å². The number of nitrogens with one attached hydrogen (secondary N) is 1. The molecule has 218 valence electrons. The Morgan fingerprint density at radius 2 is 1.88 bits per heavy atom. The number of fused-ring (bicyclic) bond motifs is 1. The van der Waals surface area contributed by atoms with Gasteiger partial charge in [-0.2, -0.15) is 0 Å². The summed E-state index contributed by atoms with van der Waals surface area (Å²) < 4.78 is 12.2. The molecule has 41 heavy (non-hydrogen) atoms. The molecule has 1 aliphatic heterocycles. The summed E-state index contributed by atoms with van der Waals surface area (Å²) in [4.78, 5) is 34.2. The standard InChI is InChI=1S/C33H42N4O4/c1-6-9-32(38)35-27-15-16-28-30(18-27)41-22-24(3)37(19-23(2)31(40-5)21-36(4)33(28)39)20-25-11-13-26(14-12-25)29-10-7-8-17-34-29/h7-8,10-18,23-24,31H,6,9,19-22H2,1-5H3,(H,35,38)/t23-,24+,31-/m0/s1. The quantitative estimate of drug-likeness (QED) is 0.413. The number of carbonyl (C=O) groups excluding carboxylic acids is 2. The van der Waals surface area contributed by atoms with Crippen LogP contribution in [0.15, 0.2) is 66.9 Å². The minimum absolute atomic E-state index is 0.0452. The molecule has 0 fully saturated rings. The molecule has 0 bridgehead atoms. The van der Waals surface area contributed by atoms with Crippen LogP contribution in [0, 0.1) is 5.92 Å². The van der Waals surface area contributed by atoms with E-state index in [1.807, 2.05) is 25.1 Å². The van der Waals surface area contributed by atoms with Gasteiger partial charge >= 0.3 is 0 Å². The number of hydrogen-bond acceptors (Lipinski definition) is 6. The van der Waals surface area contributed by atoms with E-state index < -0.39 is 0 Å². The van der Waals surface area contributed by atoms with Gasteiger partial charge < -0.3 is 19.7 Å². The van der Waals surface area contributed by atoms with Crippen molar-refractivity contribution in [2.24, 2.45) is 5.92 Å². The smallest absolute Gasteiger partial charge is 0.257 e. The molecule has 2 amide bonds. The topological polar surface area (TPSA) is 84.0 Å². The van der Waals surface area contributed by atoms with Gasteiger partial charge in [0.25, 0.3) is 5.91 Å². The van der Waals surface area contributed by atoms with E-state index in [2.05, 4.69) is 53.3 Å². The van der Waals surface area contributed by atoms with E-state index >= 15 is 0 Å². The van der Waals surface area contributed by atoms with Gasteiger partial charge in [-0.05, 0) is 49.1 Å². The van der Waals surface area contributed by atoms with Gasteiger partial charge in [-0.15, -0.1) is 0 Å². The van der Waals surface area contributed by atoms with Crippen LogP contribution in [0.2, 0.25) is 0 Å². The number of aromatic nitrogens is 1. The number of nitrogens with zero attached hydrogens (tertiary/aromatic N) is 3. The molecule has 8 heteroatoms. The number of ether oxygens (including phenoxy) is 2. The first-order chi connectivity index (χ1) is 19.8. The normalized spacial score (nSPS) is 20.4. The monoisotopic (exact) mass is 558 g/mol. The Morgan fingerprint density at radius 1 is 1.10 bits per heavy atom. The molecular formula is C33H42N4O4. The third-order valence-corrected chi connectivity index (χ3v) is 7.64. The summed E-state index contributed by atoms with van der Waals surface area (Å²) in [6.07, 6.45) is 2.86. The number of amides is 2. The highest BCUT2D eigenvalue weighted by Crippen LogP contribution is 2.27. The summed E-state index contributed by atoms with van der Waals surface area (Å²) in [6.45, 7) is 8.62. The van der Waals surface area contributed by atoms with Crippen LogP contribution in [0.25, 0.3) is 11.3 Å². The Morgan fingerprint density at radius 3 is 2.56 bits per heavy atom. The maximum absolute atomic E-state index is 13.5. The molecule has 3 atom stereocenters. The van der Waals surface area contributed by atoms with Crippen LogP contribution >= 0.6 is 0 Å². The molecule has 0 radical (unpaired) electrons. The van der Waals surface area contributed by atoms with Gasteiger partial charge in [0.2, 0.25) is 5.91 Å². The first-order valence-corrected chi connectivity index (χ1v) is 14.4. The van der Waals surface area contributed by atoms with Crippen molar-refractivity contribution >= 4 is 17.5 Å². The van der Waals surface area contributed by atoms with Crippen LogP contribution in [-0.4, -0.2) is 72.6 Å². The molecule has 8 nitrogen and oxygen atoms in total. The van der Waals surface area contributed by atoms with Crippen LogP contribution in [0.4, 0.5) is 5.69 Å². The van der Waals surface area contributed by atoms with E-state index in [1.165, 1.54) is 5.56 Å². The zero-order chi connectivity index (χ0) is 29.4. The van der Waals surface area contributed by atoms with Gasteiger partial charge in [0, 0.05) is 69.8 Å². The third kappa shape index (κ3) is 7.93. The summed E-state index contributed by atoms with van der Waals surface area (Å²) in [6, 6.07) is 19.7. The van der Waals surface area contributed by atoms with E-state index in [-0.39, 0.29) is 29.9 Å². The molecule has 0 saturated carbocycles. The van der Waals surface area contributed by atoms with E-state index in [0.717, 1.165) is 30.8 Å². The van der Waals surface area contributed by atoms with E-state index in [4.69, 9.17) is 9.47 Å². The molecule has 0 unspecified atom stereocenters. The lowest BCUT2D eigenvalue weighted by molar-refractivity contribution is -0.116. The second-order valence-electron chi connectivity index (χ2n) is 10.9. The number of hydrogen-bond donors (Lipinski definition) is 1. The van der Waals surface area contributed by atoms with Gasteiger partial charge in [-0.25, -0.2) is 0 Å². The minimum atomic E-state index is -0.140. The van der Waals surface area contributed by atoms with Gasteiger partial charge in [0.15, 0.2) is 0 Å². The Labute approximate surface area is 243 Å². The molecule has 2 heterocycles. The molecule has 3 aromatic rings. The second kappa shape index (κ2) is 14.2. The number of methoxy groups -OCH3 is 1. The Bertz CT molecular complexity index is 1300. The van der Waals surface area contributed by atoms with Crippen LogP contribution in [0.5, 0.6) is 5.75 Å². The summed E-state index contributed by atoms with van der Waals surface area (Å²) in [7, 11) is 3.49. The highest BCUT2D eigenvalue weighted by Gasteiger charge is 2.28. The SMILES string of the molecule is CCCC(=O)Nc1ccc2c(c1)OC[C@@H](C)N(Cc1ccc(-c3ccccn3)cc1)C[C@H](C)[C@@H](OC)CN(C)C2=O. The lowest BCUT2D eigenvalue weighted by Gasteiger charge is -2.36. The van der Waals surface area contributed by atoms with Crippen LogP contribution in [0.1, 0.15) is 49.5 Å². The highest BCUT2D eigenvalue weighted by atomic mass is 16.5. The van der Waals surface area contributed by atoms with Crippen molar-refractivity contribution in [2.45, 2.75) is 52.3 Å². The number of likely N-dealkylation sites (N-methyl/N-ethyl adjacent to an activating group) is 1. The molecule has 1 aromatic heterocycles. The molecular weight excluding hydrogens is 516 g/mol. The fourth-order valence-electron chi connectivity index (χ4n) is 5.14. The van der Waals surface area contributed by atoms with E-state index in [1.54, 1.807) is 43.5 Å². The number of benzene rings is 2. The second-order valence-corrected chi connectivity index (χ2v) is 10.9. The van der Waals surface area contributed by atoms with Gasteiger partial charge in [-0.3, -0.25) is 19.5 Å². The van der Waals surface area contributed by atoms with Crippen molar-refractivity contribution < 1.29 is 19.1 Å². The summed E-state index contributed by atoms with van der Waals surface area (Å²) in [5, 5.41) is 2.92. The summed E-state index contributed by atoms with van der Waals surface area (Å²) in [5.74, 6) is 0.430. The van der Waals surface area contributed by atoms with Gasteiger partial charge in [0.05, 0.1) is 17.4 Å². The predicted molar refractivity (Wildman–Crippen MR) is 162 cm³/mol. The van der Waals surface area contributed by atoms with Crippen molar-refractivity contribution in [2.75, 3.05) is 39.2 Å². The molecule has 2 aromatic carbocycles. The summed E-state index contributed by atoms with van der Waals surface area (Å²) in [5.41, 5.74) is 4.31. The van der Waals surface area contributed by atoms with Crippen molar-refractivity contribution in [3.05, 3.63) is 78.0 Å². The maximum atomic E-state index is 13.5. The molecule has 0 spiro atoms. The number of carbonyl (C=O) groups is 2. The number of rotatable bonds is 7. The van der Waals surface area contributed by atoms with E-state index in [9.17, 15) is 9.59 Å². The predicted octanol–water partition coefficient (Wildman–Crippen LogP) is 5.49. The van der Waals surface area contributed by atoms with E-state index in [0.29, 0.717) is 36.6 Å². The average Bonchev–Trinajstić information content (AvgIpc) is 2.98. The molecule has 0 aliphatic carbocycles. The maximum Gasteiger partial charge on any atom is 0.257 e. The van der Waals surface area contributed by atoms with Crippen molar-refractivity contribution in [3.63, 3.8) is 0 Å². The lowest BCUT2D eigenvalue weighted by atomic mass is 10.0. The minimum Gasteiger partial charge on any atom is -0.491 e. The fraction of sp³-hybridized carbons (Fsp3) is 0.424. The van der Waals surface area contributed by atoms with Crippen molar-refractivity contribution in [3.8, 4) is 17.0 Å². The first-order valence-electron chi connectivity index (χ1n) is 14.4. The molecule has 4 rings (SSSR count). The van der Waals surface area contributed by atoms with Gasteiger partial charge in [-0.1, -0.05) is 44.2 Å². The van der Waals surface area contributed by atoms with Crippen molar-refractivity contribution in [1.82, 2.24) is 14.8 Å². The Balaban J connectivity index is 1.59. The third-order valence-electron chi connectivity index (χ3n) is 7.64. The Hall–Kier alpha value is -3.75. The lowest BCUT2D eigenvalue weighted by Crippen LogP contribution is -2.46. The number of anilines is 1. The zero-order valence-electron chi connectivity index (χ0n) is 24.8. The summed E-state index contributed by atoms with van der Waals surface area (Å²) >= 11 is 0. The molecule has 1 aliphatic rings. The highest BCUT2D eigenvalue weighted by molar-refractivity contribution is 5.98. The Kier molecular flexibility index (Phi) is 10.5. The van der Waals surface area contributed by atoms with Crippen LogP contribution in [-0.2, 0) is 16.1 Å².